The molecule has 1 rings (SSSR count). The summed E-state index contributed by atoms with van der Waals surface area (Å²) in [5, 5.41) is 5.79. The Morgan fingerprint density at radius 2 is 1.67 bits per heavy atom. The first kappa shape index (κ1) is 14.8. The van der Waals surface area contributed by atoms with Crippen LogP contribution in [0, 0.1) is 0 Å². The van der Waals surface area contributed by atoms with Crippen molar-refractivity contribution in [3.63, 3.8) is 0 Å². The van der Waals surface area contributed by atoms with Crippen LogP contribution in [-0.2, 0) is 9.53 Å². The third-order valence-electron chi connectivity index (χ3n) is 3.19. The van der Waals surface area contributed by atoms with Gasteiger partial charge in [0.2, 0.25) is 5.91 Å². The molecule has 0 unspecified atom stereocenters. The SMILES string of the molecule is CCCCOC(=O)NC1CCC(NC(C)=O)CC1. The predicted octanol–water partition coefficient (Wildman–Crippen LogP) is 1.96. The summed E-state index contributed by atoms with van der Waals surface area (Å²) in [6, 6.07) is 0.445. The third-order valence-corrected chi connectivity index (χ3v) is 3.19. The van der Waals surface area contributed by atoms with E-state index in [0.29, 0.717) is 6.61 Å². The van der Waals surface area contributed by atoms with Crippen molar-refractivity contribution in [2.45, 2.75) is 64.5 Å². The largest absolute Gasteiger partial charge is 0.450 e. The summed E-state index contributed by atoms with van der Waals surface area (Å²) in [5.74, 6) is 0.0189. The fourth-order valence-electron chi connectivity index (χ4n) is 2.19. The minimum atomic E-state index is -0.313. The minimum absolute atomic E-state index is 0.0189. The second-order valence-corrected chi connectivity index (χ2v) is 4.88. The van der Waals surface area contributed by atoms with Crippen LogP contribution in [0.3, 0.4) is 0 Å². The van der Waals surface area contributed by atoms with Gasteiger partial charge in [0.25, 0.3) is 0 Å². The molecule has 2 amide bonds. The minimum Gasteiger partial charge on any atom is -0.450 e. The molecule has 0 aromatic rings. The summed E-state index contributed by atoms with van der Waals surface area (Å²) >= 11 is 0. The number of rotatable bonds is 5. The van der Waals surface area contributed by atoms with E-state index in [2.05, 4.69) is 17.6 Å². The maximum atomic E-state index is 11.4. The van der Waals surface area contributed by atoms with Crippen LogP contribution in [0.2, 0.25) is 0 Å². The van der Waals surface area contributed by atoms with Gasteiger partial charge in [0.05, 0.1) is 6.61 Å². The van der Waals surface area contributed by atoms with Crippen LogP contribution in [0.25, 0.3) is 0 Å². The Kier molecular flexibility index (Phi) is 6.54. The van der Waals surface area contributed by atoms with Crippen LogP contribution in [-0.4, -0.2) is 30.7 Å². The number of unbranched alkanes of at least 4 members (excludes halogenated alkanes) is 1. The highest BCUT2D eigenvalue weighted by Gasteiger charge is 2.22. The van der Waals surface area contributed by atoms with Gasteiger partial charge in [0.15, 0.2) is 0 Å². The lowest BCUT2D eigenvalue weighted by Gasteiger charge is -2.29. The molecule has 1 saturated carbocycles. The molecule has 0 radical (unpaired) electrons. The van der Waals surface area contributed by atoms with Gasteiger partial charge in [-0.2, -0.15) is 0 Å². The van der Waals surface area contributed by atoms with E-state index < -0.39 is 0 Å². The van der Waals surface area contributed by atoms with Gasteiger partial charge >= 0.3 is 6.09 Å². The van der Waals surface area contributed by atoms with Crippen molar-refractivity contribution < 1.29 is 14.3 Å². The fourth-order valence-corrected chi connectivity index (χ4v) is 2.19. The molecular formula is C13H24N2O3. The number of hydrogen-bond acceptors (Lipinski definition) is 3. The van der Waals surface area contributed by atoms with E-state index in [4.69, 9.17) is 4.74 Å². The average molecular weight is 256 g/mol. The van der Waals surface area contributed by atoms with Crippen molar-refractivity contribution >= 4 is 12.0 Å². The van der Waals surface area contributed by atoms with Crippen molar-refractivity contribution in [1.29, 1.82) is 0 Å². The van der Waals surface area contributed by atoms with Gasteiger partial charge in [-0.25, -0.2) is 4.79 Å². The summed E-state index contributed by atoms with van der Waals surface area (Å²) in [6.07, 6.45) is 5.24. The molecule has 1 aliphatic rings. The van der Waals surface area contributed by atoms with Gasteiger partial charge in [-0.3, -0.25) is 4.79 Å². The standard InChI is InChI=1S/C13H24N2O3/c1-3-4-9-18-13(17)15-12-7-5-11(6-8-12)14-10(2)16/h11-12H,3-9H2,1-2H3,(H,14,16)(H,15,17). The molecule has 0 heterocycles. The van der Waals surface area contributed by atoms with E-state index in [9.17, 15) is 9.59 Å². The van der Waals surface area contributed by atoms with Crippen molar-refractivity contribution in [2.24, 2.45) is 0 Å². The Morgan fingerprint density at radius 1 is 1.11 bits per heavy atom. The molecule has 1 fully saturated rings. The maximum absolute atomic E-state index is 11.4. The van der Waals surface area contributed by atoms with Crippen molar-refractivity contribution in [3.8, 4) is 0 Å². The maximum Gasteiger partial charge on any atom is 0.407 e. The number of carbonyl (C=O) groups excluding carboxylic acids is 2. The quantitative estimate of drug-likeness (QED) is 0.739. The van der Waals surface area contributed by atoms with Crippen molar-refractivity contribution in [2.75, 3.05) is 6.61 Å². The summed E-state index contributed by atoms with van der Waals surface area (Å²) in [7, 11) is 0. The molecular weight excluding hydrogens is 232 g/mol. The van der Waals surface area contributed by atoms with Gasteiger partial charge in [0, 0.05) is 19.0 Å². The topological polar surface area (TPSA) is 67.4 Å². The molecule has 0 atom stereocenters. The van der Waals surface area contributed by atoms with Gasteiger partial charge in [0.1, 0.15) is 0 Å². The second kappa shape index (κ2) is 7.95. The lowest BCUT2D eigenvalue weighted by Crippen LogP contribution is -2.43. The number of hydrogen-bond donors (Lipinski definition) is 2. The smallest absolute Gasteiger partial charge is 0.407 e. The van der Waals surface area contributed by atoms with E-state index in [1.54, 1.807) is 0 Å². The summed E-state index contributed by atoms with van der Waals surface area (Å²) in [6.45, 7) is 4.09. The highest BCUT2D eigenvalue weighted by Crippen LogP contribution is 2.18. The Labute approximate surface area is 109 Å². The van der Waals surface area contributed by atoms with E-state index in [1.807, 2.05) is 0 Å². The molecule has 5 heteroatoms. The molecule has 18 heavy (non-hydrogen) atoms. The molecule has 0 bridgehead atoms. The van der Waals surface area contributed by atoms with Gasteiger partial charge in [-0.15, -0.1) is 0 Å². The lowest BCUT2D eigenvalue weighted by molar-refractivity contribution is -0.119. The second-order valence-electron chi connectivity index (χ2n) is 4.88. The van der Waals surface area contributed by atoms with E-state index in [-0.39, 0.29) is 24.1 Å². The average Bonchev–Trinajstić information content (AvgIpc) is 2.31. The Morgan fingerprint density at radius 3 is 2.17 bits per heavy atom. The molecule has 5 nitrogen and oxygen atoms in total. The number of amides is 2. The lowest BCUT2D eigenvalue weighted by atomic mass is 9.91. The first-order valence-electron chi connectivity index (χ1n) is 6.82. The molecule has 2 N–H and O–H groups in total. The van der Waals surface area contributed by atoms with Crippen molar-refractivity contribution in [3.05, 3.63) is 0 Å². The fraction of sp³-hybridized carbons (Fsp3) is 0.846. The van der Waals surface area contributed by atoms with Crippen LogP contribution in [0.1, 0.15) is 52.4 Å². The molecule has 0 aromatic heterocycles. The zero-order chi connectivity index (χ0) is 13.4. The molecule has 104 valence electrons. The Balaban J connectivity index is 2.14. The van der Waals surface area contributed by atoms with Gasteiger partial charge in [-0.1, -0.05) is 13.3 Å². The van der Waals surface area contributed by atoms with E-state index in [0.717, 1.165) is 38.5 Å². The Hall–Kier alpha value is -1.26. The van der Waals surface area contributed by atoms with Crippen LogP contribution in [0.5, 0.6) is 0 Å². The summed E-state index contributed by atoms with van der Waals surface area (Å²) in [5.41, 5.74) is 0. The van der Waals surface area contributed by atoms with Crippen LogP contribution in [0.4, 0.5) is 4.79 Å². The first-order valence-corrected chi connectivity index (χ1v) is 6.82. The summed E-state index contributed by atoms with van der Waals surface area (Å²) in [4.78, 5) is 22.4. The predicted molar refractivity (Wildman–Crippen MR) is 69.3 cm³/mol. The third kappa shape index (κ3) is 5.89. The van der Waals surface area contributed by atoms with Crippen molar-refractivity contribution in [1.82, 2.24) is 10.6 Å². The van der Waals surface area contributed by atoms with E-state index >= 15 is 0 Å². The Bertz CT molecular complexity index is 273. The number of nitrogens with one attached hydrogen (secondary N) is 2. The van der Waals surface area contributed by atoms with Crippen LogP contribution >= 0.6 is 0 Å². The normalized spacial score (nSPS) is 23.2. The number of carbonyl (C=O) groups is 2. The molecule has 0 spiro atoms. The molecule has 0 aromatic carbocycles. The van der Waals surface area contributed by atoms with Gasteiger partial charge in [-0.05, 0) is 32.1 Å². The number of alkyl carbamates (subject to hydrolysis) is 1. The zero-order valence-corrected chi connectivity index (χ0v) is 11.3. The number of ether oxygens (including phenoxy) is 1. The van der Waals surface area contributed by atoms with Crippen LogP contribution < -0.4 is 10.6 Å². The molecule has 0 aliphatic heterocycles. The van der Waals surface area contributed by atoms with Gasteiger partial charge < -0.3 is 15.4 Å². The first-order chi connectivity index (χ1) is 8.61. The monoisotopic (exact) mass is 256 g/mol. The highest BCUT2D eigenvalue weighted by atomic mass is 16.5. The van der Waals surface area contributed by atoms with Crippen LogP contribution in [0.15, 0.2) is 0 Å². The zero-order valence-electron chi connectivity index (χ0n) is 11.3. The van der Waals surface area contributed by atoms with E-state index in [1.165, 1.54) is 6.92 Å². The molecule has 1 aliphatic carbocycles. The highest BCUT2D eigenvalue weighted by molar-refractivity contribution is 5.73. The molecule has 0 saturated heterocycles. The summed E-state index contributed by atoms with van der Waals surface area (Å²) < 4.78 is 5.06.